The number of ether oxygens (including phenoxy) is 1. The zero-order chi connectivity index (χ0) is 15.5. The molecule has 21 heavy (non-hydrogen) atoms. The van der Waals surface area contributed by atoms with Crippen molar-refractivity contribution in [3.8, 4) is 5.75 Å². The highest BCUT2D eigenvalue weighted by molar-refractivity contribution is 5.47. The Hall–Kier alpha value is -1.96. The molecule has 2 rings (SSSR count). The summed E-state index contributed by atoms with van der Waals surface area (Å²) in [6.07, 6.45) is 0. The molecule has 0 radical (unpaired) electrons. The summed E-state index contributed by atoms with van der Waals surface area (Å²) in [7, 11) is 4.10. The van der Waals surface area contributed by atoms with E-state index in [1.165, 1.54) is 16.8 Å². The Kier molecular flexibility index (Phi) is 4.56. The molecule has 0 saturated heterocycles. The highest BCUT2D eigenvalue weighted by Gasteiger charge is 2.13. The van der Waals surface area contributed by atoms with Crippen molar-refractivity contribution in [3.63, 3.8) is 0 Å². The van der Waals surface area contributed by atoms with Crippen molar-refractivity contribution in [2.45, 2.75) is 32.8 Å². The third kappa shape index (κ3) is 4.25. The maximum Gasteiger partial charge on any atom is 0.120 e. The normalized spacial score (nSPS) is 11.3. The lowest BCUT2D eigenvalue weighted by Gasteiger charge is -2.20. The van der Waals surface area contributed by atoms with Gasteiger partial charge in [-0.2, -0.15) is 0 Å². The fraction of sp³-hybridized carbons (Fsp3) is 0.368. The molecule has 0 spiro atoms. The van der Waals surface area contributed by atoms with Gasteiger partial charge in [-0.25, -0.2) is 0 Å². The average Bonchev–Trinajstić information content (AvgIpc) is 2.45. The molecule has 0 bridgehead atoms. The van der Waals surface area contributed by atoms with E-state index in [1.54, 1.807) is 0 Å². The van der Waals surface area contributed by atoms with Gasteiger partial charge >= 0.3 is 0 Å². The molecular weight excluding hydrogens is 258 g/mol. The number of nitrogens with zero attached hydrogens (tertiary/aromatic N) is 1. The second-order valence-corrected chi connectivity index (χ2v) is 6.63. The molecule has 0 N–H and O–H groups in total. The van der Waals surface area contributed by atoms with Crippen LogP contribution in [0, 0.1) is 0 Å². The molecule has 0 aromatic heterocycles. The maximum absolute atomic E-state index is 5.94. The smallest absolute Gasteiger partial charge is 0.120 e. The van der Waals surface area contributed by atoms with Crippen LogP contribution in [0.4, 0.5) is 5.69 Å². The zero-order valence-corrected chi connectivity index (χ0v) is 13.7. The van der Waals surface area contributed by atoms with Crippen molar-refractivity contribution in [1.29, 1.82) is 0 Å². The summed E-state index contributed by atoms with van der Waals surface area (Å²) in [5.74, 6) is 0.928. The molecule has 0 saturated carbocycles. The fourth-order valence-electron chi connectivity index (χ4n) is 2.14. The topological polar surface area (TPSA) is 12.5 Å². The molecule has 0 aliphatic carbocycles. The van der Waals surface area contributed by atoms with Gasteiger partial charge in [0.1, 0.15) is 12.4 Å². The van der Waals surface area contributed by atoms with Gasteiger partial charge in [-0.1, -0.05) is 45.0 Å². The molecular formula is C19H25NO. The lowest BCUT2D eigenvalue weighted by atomic mass is 9.87. The predicted molar refractivity (Wildman–Crippen MR) is 90.2 cm³/mol. The summed E-state index contributed by atoms with van der Waals surface area (Å²) in [4.78, 5) is 2.10. The first kappa shape index (κ1) is 15.4. The molecule has 0 aliphatic rings. The Morgan fingerprint density at radius 2 is 1.67 bits per heavy atom. The van der Waals surface area contributed by atoms with E-state index in [4.69, 9.17) is 4.74 Å². The van der Waals surface area contributed by atoms with Gasteiger partial charge < -0.3 is 9.64 Å². The van der Waals surface area contributed by atoms with Crippen LogP contribution in [0.3, 0.4) is 0 Å². The van der Waals surface area contributed by atoms with Gasteiger partial charge in [0.05, 0.1) is 0 Å². The van der Waals surface area contributed by atoms with E-state index in [9.17, 15) is 0 Å². The largest absolute Gasteiger partial charge is 0.489 e. The van der Waals surface area contributed by atoms with E-state index < -0.39 is 0 Å². The number of benzene rings is 2. The van der Waals surface area contributed by atoms with Gasteiger partial charge in [-0.15, -0.1) is 0 Å². The summed E-state index contributed by atoms with van der Waals surface area (Å²) in [6.45, 7) is 7.24. The van der Waals surface area contributed by atoms with E-state index in [0.29, 0.717) is 6.61 Å². The van der Waals surface area contributed by atoms with Gasteiger partial charge in [0.15, 0.2) is 0 Å². The summed E-state index contributed by atoms with van der Waals surface area (Å²) in [5, 5.41) is 0. The highest BCUT2D eigenvalue weighted by Crippen LogP contribution is 2.26. The molecule has 0 aliphatic heterocycles. The Balaban J connectivity index is 2.08. The van der Waals surface area contributed by atoms with Crippen LogP contribution in [-0.4, -0.2) is 14.1 Å². The molecule has 2 heteroatoms. The van der Waals surface area contributed by atoms with Gasteiger partial charge in [0.25, 0.3) is 0 Å². The van der Waals surface area contributed by atoms with E-state index in [2.05, 4.69) is 68.1 Å². The highest BCUT2D eigenvalue weighted by atomic mass is 16.5. The van der Waals surface area contributed by atoms with Gasteiger partial charge in [-0.3, -0.25) is 0 Å². The van der Waals surface area contributed by atoms with Crippen LogP contribution in [-0.2, 0) is 12.0 Å². The first-order valence-corrected chi connectivity index (χ1v) is 7.36. The molecule has 0 unspecified atom stereocenters. The van der Waals surface area contributed by atoms with Crippen LogP contribution < -0.4 is 9.64 Å². The molecule has 2 nitrogen and oxygen atoms in total. The van der Waals surface area contributed by atoms with Crippen LogP contribution in [0.5, 0.6) is 5.75 Å². The summed E-state index contributed by atoms with van der Waals surface area (Å²) >= 11 is 0. The Labute approximate surface area is 128 Å². The monoisotopic (exact) mass is 283 g/mol. The second-order valence-electron chi connectivity index (χ2n) is 6.63. The molecule has 0 fully saturated rings. The Morgan fingerprint density at radius 1 is 0.952 bits per heavy atom. The molecule has 0 atom stereocenters. The number of anilines is 1. The third-order valence-electron chi connectivity index (χ3n) is 3.53. The zero-order valence-electron chi connectivity index (χ0n) is 13.7. The van der Waals surface area contributed by atoms with E-state index in [1.807, 2.05) is 20.2 Å². The first-order chi connectivity index (χ1) is 9.86. The molecule has 0 amide bonds. The maximum atomic E-state index is 5.94. The van der Waals surface area contributed by atoms with E-state index >= 15 is 0 Å². The van der Waals surface area contributed by atoms with Gasteiger partial charge in [0, 0.05) is 19.8 Å². The number of rotatable bonds is 4. The third-order valence-corrected chi connectivity index (χ3v) is 3.53. The van der Waals surface area contributed by atoms with Crippen LogP contribution in [0.15, 0.2) is 48.5 Å². The lowest BCUT2D eigenvalue weighted by Crippen LogP contribution is -2.11. The Morgan fingerprint density at radius 3 is 2.33 bits per heavy atom. The molecule has 2 aromatic rings. The van der Waals surface area contributed by atoms with Crippen molar-refractivity contribution in [3.05, 3.63) is 59.7 Å². The molecule has 2 aromatic carbocycles. The van der Waals surface area contributed by atoms with E-state index in [-0.39, 0.29) is 5.41 Å². The fourth-order valence-corrected chi connectivity index (χ4v) is 2.14. The van der Waals surface area contributed by atoms with Crippen LogP contribution >= 0.6 is 0 Å². The van der Waals surface area contributed by atoms with Crippen LogP contribution in [0.1, 0.15) is 31.9 Å². The standard InChI is InChI=1S/C19H25NO/c1-19(2,3)16-9-7-11-18(13-16)21-14-15-8-6-10-17(12-15)20(4)5/h6-13H,14H2,1-5H3. The number of hydrogen-bond donors (Lipinski definition) is 0. The van der Waals surface area contributed by atoms with Crippen molar-refractivity contribution >= 4 is 5.69 Å². The lowest BCUT2D eigenvalue weighted by molar-refractivity contribution is 0.305. The van der Waals surface area contributed by atoms with Crippen LogP contribution in [0.2, 0.25) is 0 Å². The summed E-state index contributed by atoms with van der Waals surface area (Å²) < 4.78 is 5.94. The van der Waals surface area contributed by atoms with Crippen molar-refractivity contribution in [2.24, 2.45) is 0 Å². The second kappa shape index (κ2) is 6.21. The minimum absolute atomic E-state index is 0.143. The first-order valence-electron chi connectivity index (χ1n) is 7.36. The minimum Gasteiger partial charge on any atom is -0.489 e. The Bertz CT molecular complexity index is 597. The van der Waals surface area contributed by atoms with E-state index in [0.717, 1.165) is 5.75 Å². The van der Waals surface area contributed by atoms with Gasteiger partial charge in [-0.05, 0) is 40.8 Å². The average molecular weight is 283 g/mol. The van der Waals surface area contributed by atoms with Crippen molar-refractivity contribution < 1.29 is 4.74 Å². The predicted octanol–water partition coefficient (Wildman–Crippen LogP) is 4.63. The van der Waals surface area contributed by atoms with Crippen molar-refractivity contribution in [2.75, 3.05) is 19.0 Å². The summed E-state index contributed by atoms with van der Waals surface area (Å²) in [6, 6.07) is 16.8. The minimum atomic E-state index is 0.143. The quantitative estimate of drug-likeness (QED) is 0.811. The van der Waals surface area contributed by atoms with Crippen LogP contribution in [0.25, 0.3) is 0 Å². The molecule has 112 valence electrons. The van der Waals surface area contributed by atoms with Gasteiger partial charge in [0.2, 0.25) is 0 Å². The SMILES string of the molecule is CN(C)c1cccc(COc2cccc(C(C)(C)C)c2)c1. The van der Waals surface area contributed by atoms with Crippen molar-refractivity contribution in [1.82, 2.24) is 0 Å². The number of hydrogen-bond acceptors (Lipinski definition) is 2. The molecule has 0 heterocycles. The summed E-state index contributed by atoms with van der Waals surface area (Å²) in [5.41, 5.74) is 3.81.